The molecular weight excluding hydrogens is 304 g/mol. The highest BCUT2D eigenvalue weighted by molar-refractivity contribution is 7.88. The molecule has 6 nitrogen and oxygen atoms in total. The van der Waals surface area contributed by atoms with Crippen LogP contribution in [0.5, 0.6) is 0 Å². The van der Waals surface area contributed by atoms with Gasteiger partial charge in [-0.1, -0.05) is 0 Å². The first-order valence-electron chi connectivity index (χ1n) is 7.65. The van der Waals surface area contributed by atoms with Crippen molar-refractivity contribution < 1.29 is 17.6 Å². The molecule has 0 saturated carbocycles. The van der Waals surface area contributed by atoms with Gasteiger partial charge >= 0.3 is 0 Å². The van der Waals surface area contributed by atoms with E-state index in [2.05, 4.69) is 0 Å². The van der Waals surface area contributed by atoms with Gasteiger partial charge in [0.15, 0.2) is 5.76 Å². The summed E-state index contributed by atoms with van der Waals surface area (Å²) in [5.74, 6) is 0.225. The smallest absolute Gasteiger partial charge is 0.289 e. The second-order valence-electron chi connectivity index (χ2n) is 6.43. The zero-order chi connectivity index (χ0) is 16.0. The average molecular weight is 326 g/mol. The van der Waals surface area contributed by atoms with Crippen LogP contribution in [0.4, 0.5) is 0 Å². The van der Waals surface area contributed by atoms with E-state index in [1.165, 1.54) is 12.5 Å². The third-order valence-electron chi connectivity index (χ3n) is 4.83. The van der Waals surface area contributed by atoms with Crippen LogP contribution >= 0.6 is 0 Å². The van der Waals surface area contributed by atoms with Crippen molar-refractivity contribution in [2.45, 2.75) is 38.1 Å². The second kappa shape index (κ2) is 5.38. The quantitative estimate of drug-likeness (QED) is 0.828. The Bertz CT molecular complexity index is 681. The molecule has 1 atom stereocenters. The topological polar surface area (TPSA) is 70.8 Å². The molecule has 0 unspecified atom stereocenters. The van der Waals surface area contributed by atoms with E-state index in [1.54, 1.807) is 15.3 Å². The molecule has 22 heavy (non-hydrogen) atoms. The van der Waals surface area contributed by atoms with Crippen molar-refractivity contribution >= 4 is 15.9 Å². The highest BCUT2D eigenvalue weighted by atomic mass is 32.2. The van der Waals surface area contributed by atoms with Crippen LogP contribution in [0.3, 0.4) is 0 Å². The fourth-order valence-electron chi connectivity index (χ4n) is 3.86. The molecule has 0 N–H and O–H groups in total. The van der Waals surface area contributed by atoms with E-state index < -0.39 is 15.6 Å². The first kappa shape index (κ1) is 15.6. The van der Waals surface area contributed by atoms with Crippen LogP contribution in [0.25, 0.3) is 0 Å². The normalized spacial score (nSPS) is 26.7. The largest absolute Gasteiger partial charge is 0.459 e. The van der Waals surface area contributed by atoms with Crippen molar-refractivity contribution in [1.29, 1.82) is 0 Å². The van der Waals surface area contributed by atoms with Gasteiger partial charge in [0.1, 0.15) is 0 Å². The summed E-state index contributed by atoms with van der Waals surface area (Å²) in [4.78, 5) is 14.4. The Morgan fingerprint density at radius 2 is 1.95 bits per heavy atom. The van der Waals surface area contributed by atoms with Crippen LogP contribution in [-0.2, 0) is 10.0 Å². The lowest BCUT2D eigenvalue weighted by Gasteiger charge is -2.44. The number of carbonyl (C=O) groups is 1. The molecule has 1 aromatic heterocycles. The van der Waals surface area contributed by atoms with Gasteiger partial charge in [0.25, 0.3) is 5.91 Å². The highest BCUT2D eigenvalue weighted by Gasteiger charge is 2.48. The predicted octanol–water partition coefficient (Wildman–Crippen LogP) is 1.62. The number of rotatable bonds is 2. The minimum absolute atomic E-state index is 0.137. The Hall–Kier alpha value is -1.34. The van der Waals surface area contributed by atoms with Crippen LogP contribution in [-0.4, -0.2) is 55.0 Å². The zero-order valence-corrected chi connectivity index (χ0v) is 13.9. The summed E-state index contributed by atoms with van der Waals surface area (Å²) in [5, 5.41) is 0. The van der Waals surface area contributed by atoms with Gasteiger partial charge in [0, 0.05) is 25.2 Å². The summed E-state index contributed by atoms with van der Waals surface area (Å²) in [5.41, 5.74) is 0.387. The monoisotopic (exact) mass is 326 g/mol. The number of nitrogens with zero attached hydrogens (tertiary/aromatic N) is 2. The highest BCUT2D eigenvalue weighted by Crippen LogP contribution is 2.39. The molecular formula is C15H22N2O4S. The maximum absolute atomic E-state index is 12.6. The number of hydrogen-bond donors (Lipinski definition) is 0. The molecule has 0 aromatic carbocycles. The van der Waals surface area contributed by atoms with E-state index in [0.717, 1.165) is 31.2 Å². The molecule has 122 valence electrons. The van der Waals surface area contributed by atoms with Crippen molar-refractivity contribution in [3.05, 3.63) is 23.7 Å². The summed E-state index contributed by atoms with van der Waals surface area (Å²) in [6.45, 7) is 3.51. The van der Waals surface area contributed by atoms with Crippen molar-refractivity contribution in [1.82, 2.24) is 9.21 Å². The zero-order valence-electron chi connectivity index (χ0n) is 13.0. The second-order valence-corrected chi connectivity index (χ2v) is 8.33. The molecule has 2 aliphatic heterocycles. The summed E-state index contributed by atoms with van der Waals surface area (Å²) >= 11 is 0. The lowest BCUT2D eigenvalue weighted by Crippen LogP contribution is -2.58. The summed E-state index contributed by atoms with van der Waals surface area (Å²) in [7, 11) is -3.25. The number of aryl methyl sites for hydroxylation is 1. The van der Waals surface area contributed by atoms with Gasteiger partial charge in [-0.15, -0.1) is 0 Å². The Kier molecular flexibility index (Phi) is 3.81. The number of sulfonamides is 1. The number of amides is 1. The molecule has 7 heteroatoms. The maximum Gasteiger partial charge on any atom is 0.289 e. The van der Waals surface area contributed by atoms with E-state index in [0.29, 0.717) is 25.4 Å². The van der Waals surface area contributed by atoms with Crippen molar-refractivity contribution in [2.75, 3.05) is 25.9 Å². The minimum Gasteiger partial charge on any atom is -0.459 e. The number of piperidine rings is 1. The molecule has 2 fully saturated rings. The van der Waals surface area contributed by atoms with Gasteiger partial charge in [-0.05, 0) is 38.7 Å². The Labute approximate surface area is 131 Å². The Morgan fingerprint density at radius 1 is 1.27 bits per heavy atom. The average Bonchev–Trinajstić information content (AvgIpc) is 3.04. The van der Waals surface area contributed by atoms with Crippen molar-refractivity contribution in [3.63, 3.8) is 0 Å². The maximum atomic E-state index is 12.6. The first-order valence-corrected chi connectivity index (χ1v) is 9.49. The van der Waals surface area contributed by atoms with Gasteiger partial charge in [0.05, 0.1) is 18.1 Å². The van der Waals surface area contributed by atoms with Crippen molar-refractivity contribution in [3.8, 4) is 0 Å². The van der Waals surface area contributed by atoms with Crippen LogP contribution in [0.2, 0.25) is 0 Å². The van der Waals surface area contributed by atoms with Gasteiger partial charge < -0.3 is 9.32 Å². The van der Waals surface area contributed by atoms with Gasteiger partial charge in [-0.25, -0.2) is 8.42 Å². The molecule has 3 heterocycles. The van der Waals surface area contributed by atoms with Crippen molar-refractivity contribution in [2.24, 2.45) is 0 Å². The fraction of sp³-hybridized carbons (Fsp3) is 0.667. The predicted molar refractivity (Wildman–Crippen MR) is 82.1 cm³/mol. The molecule has 0 radical (unpaired) electrons. The Morgan fingerprint density at radius 3 is 2.55 bits per heavy atom. The molecule has 1 spiro atoms. The van der Waals surface area contributed by atoms with E-state index in [9.17, 15) is 13.2 Å². The minimum atomic E-state index is -3.25. The van der Waals surface area contributed by atoms with Crippen LogP contribution in [0.1, 0.15) is 41.8 Å². The summed E-state index contributed by atoms with van der Waals surface area (Å²) < 4.78 is 31.0. The lowest BCUT2D eigenvalue weighted by molar-refractivity contribution is 0.0495. The van der Waals surface area contributed by atoms with Gasteiger partial charge in [-0.2, -0.15) is 4.31 Å². The molecule has 0 bridgehead atoms. The molecule has 1 amide bonds. The van der Waals surface area contributed by atoms with E-state index >= 15 is 0 Å². The van der Waals surface area contributed by atoms with E-state index in [-0.39, 0.29) is 5.91 Å². The number of likely N-dealkylation sites (tertiary alicyclic amines) is 1. The number of carbonyl (C=O) groups excluding carboxylic acids is 1. The molecule has 3 rings (SSSR count). The standard InChI is InChI=1S/C15H22N2O4S/c1-12-5-10-21-13(12)14(18)16-8-3-6-15(11-16)7-4-9-17(15)22(2,19)20/h5,10H,3-4,6-9,11H2,1-2H3/t15-/m0/s1. The molecule has 0 aliphatic carbocycles. The van der Waals surface area contributed by atoms with Gasteiger partial charge in [0.2, 0.25) is 10.0 Å². The van der Waals surface area contributed by atoms with Crippen LogP contribution < -0.4 is 0 Å². The molecule has 1 aromatic rings. The first-order chi connectivity index (χ1) is 10.3. The fourth-order valence-corrected chi connectivity index (χ4v) is 5.26. The van der Waals surface area contributed by atoms with Crippen LogP contribution in [0, 0.1) is 6.92 Å². The third-order valence-corrected chi connectivity index (χ3v) is 6.20. The summed E-state index contributed by atoms with van der Waals surface area (Å²) in [6.07, 6.45) is 6.09. The Balaban J connectivity index is 1.85. The number of hydrogen-bond acceptors (Lipinski definition) is 4. The molecule has 2 saturated heterocycles. The van der Waals surface area contributed by atoms with Gasteiger partial charge in [-0.3, -0.25) is 4.79 Å². The third kappa shape index (κ3) is 2.56. The summed E-state index contributed by atoms with van der Waals surface area (Å²) in [6, 6.07) is 1.77. The number of furan rings is 1. The lowest BCUT2D eigenvalue weighted by atomic mass is 9.87. The SMILES string of the molecule is Cc1ccoc1C(=O)N1CCC[C@]2(CCCN2S(C)(=O)=O)C1. The van der Waals surface area contributed by atoms with E-state index in [4.69, 9.17) is 4.42 Å². The van der Waals surface area contributed by atoms with Crippen LogP contribution in [0.15, 0.2) is 16.7 Å². The van der Waals surface area contributed by atoms with E-state index in [1.807, 2.05) is 6.92 Å². The molecule has 2 aliphatic rings.